The van der Waals surface area contributed by atoms with E-state index in [4.69, 9.17) is 0 Å². The topological polar surface area (TPSA) is 66.5 Å². The molecule has 1 heterocycles. The number of fused-ring (bicyclic) bond motifs is 3. The average Bonchev–Trinajstić information content (AvgIpc) is 3.10. The summed E-state index contributed by atoms with van der Waals surface area (Å²) in [5.74, 6) is -0.246. The summed E-state index contributed by atoms with van der Waals surface area (Å²) in [5, 5.41) is 3.04. The molecule has 0 aromatic heterocycles. The summed E-state index contributed by atoms with van der Waals surface area (Å²) < 4.78 is 0. The monoisotopic (exact) mass is 418 g/mol. The van der Waals surface area contributed by atoms with Gasteiger partial charge in [-0.05, 0) is 42.5 Å². The number of nitrogens with one attached hydrogen (secondary N) is 1. The molecular formula is C26H30N2O3. The van der Waals surface area contributed by atoms with Crippen molar-refractivity contribution in [3.63, 3.8) is 0 Å². The Kier molecular flexibility index (Phi) is 6.50. The van der Waals surface area contributed by atoms with Crippen LogP contribution in [0.2, 0.25) is 0 Å². The molecule has 1 N–H and O–H groups in total. The number of ketones is 1. The maximum Gasteiger partial charge on any atom is 0.253 e. The van der Waals surface area contributed by atoms with Gasteiger partial charge in [-0.3, -0.25) is 14.4 Å². The highest BCUT2D eigenvalue weighted by atomic mass is 16.2. The molecule has 0 saturated carbocycles. The van der Waals surface area contributed by atoms with Crippen molar-refractivity contribution in [2.45, 2.75) is 45.4 Å². The number of hydrogen-bond donors (Lipinski definition) is 1. The highest BCUT2D eigenvalue weighted by Crippen LogP contribution is 2.37. The van der Waals surface area contributed by atoms with Crippen LogP contribution in [0, 0.1) is 5.92 Å². The molecule has 5 heteroatoms. The van der Waals surface area contributed by atoms with Gasteiger partial charge in [-0.2, -0.15) is 0 Å². The Balaban J connectivity index is 1.41. The van der Waals surface area contributed by atoms with Crippen LogP contribution in [0.1, 0.15) is 71.7 Å². The summed E-state index contributed by atoms with van der Waals surface area (Å²) in [7, 11) is 0. The highest BCUT2D eigenvalue weighted by Gasteiger charge is 2.31. The van der Waals surface area contributed by atoms with Gasteiger partial charge >= 0.3 is 0 Å². The van der Waals surface area contributed by atoms with Gasteiger partial charge in [0.25, 0.3) is 5.91 Å². The molecule has 0 bridgehead atoms. The van der Waals surface area contributed by atoms with Gasteiger partial charge in [-0.1, -0.05) is 56.5 Å². The third kappa shape index (κ3) is 4.41. The van der Waals surface area contributed by atoms with E-state index in [2.05, 4.69) is 12.2 Å². The molecule has 5 nitrogen and oxygen atoms in total. The molecule has 4 rings (SSSR count). The number of rotatable bonds is 7. The highest BCUT2D eigenvalue weighted by molar-refractivity contribution is 6.22. The van der Waals surface area contributed by atoms with E-state index in [-0.39, 0.29) is 23.5 Å². The van der Waals surface area contributed by atoms with Crippen molar-refractivity contribution in [2.24, 2.45) is 5.92 Å². The third-order valence-electron chi connectivity index (χ3n) is 6.38. The summed E-state index contributed by atoms with van der Waals surface area (Å²) in [6.45, 7) is 3.95. The van der Waals surface area contributed by atoms with Crippen LogP contribution >= 0.6 is 0 Å². The Bertz CT molecular complexity index is 998. The van der Waals surface area contributed by atoms with Gasteiger partial charge in [-0.15, -0.1) is 0 Å². The number of benzene rings is 2. The molecule has 1 atom stereocenters. The predicted molar refractivity (Wildman–Crippen MR) is 121 cm³/mol. The lowest BCUT2D eigenvalue weighted by atomic mass is 9.95. The normalized spacial score (nSPS) is 17.3. The van der Waals surface area contributed by atoms with Gasteiger partial charge in [0.15, 0.2) is 5.78 Å². The van der Waals surface area contributed by atoms with Gasteiger partial charge in [0.2, 0.25) is 5.91 Å². The number of hydrogen-bond acceptors (Lipinski definition) is 3. The molecule has 1 aliphatic carbocycles. The summed E-state index contributed by atoms with van der Waals surface area (Å²) in [6.07, 6.45) is 6.12. The summed E-state index contributed by atoms with van der Waals surface area (Å²) in [4.78, 5) is 40.3. The van der Waals surface area contributed by atoms with E-state index in [1.807, 2.05) is 30.3 Å². The molecule has 0 spiro atoms. The Morgan fingerprint density at radius 1 is 1.00 bits per heavy atom. The summed E-state index contributed by atoms with van der Waals surface area (Å²) in [5.41, 5.74) is 3.60. The van der Waals surface area contributed by atoms with Crippen molar-refractivity contribution in [2.75, 3.05) is 19.6 Å². The SMILES string of the molecule is CCCCCCNC(=O)C1CCCN(C(=O)c2ccc3c(c2)C(=O)c2ccccc2-3)C1. The second-order valence-electron chi connectivity index (χ2n) is 8.58. The molecule has 31 heavy (non-hydrogen) atoms. The van der Waals surface area contributed by atoms with Crippen molar-refractivity contribution in [3.8, 4) is 11.1 Å². The number of amides is 2. The Morgan fingerprint density at radius 2 is 1.77 bits per heavy atom. The van der Waals surface area contributed by atoms with Crippen molar-refractivity contribution in [1.82, 2.24) is 10.2 Å². The van der Waals surface area contributed by atoms with E-state index >= 15 is 0 Å². The molecule has 2 aromatic rings. The minimum Gasteiger partial charge on any atom is -0.356 e. The molecule has 1 saturated heterocycles. The van der Waals surface area contributed by atoms with Crippen molar-refractivity contribution in [3.05, 3.63) is 59.2 Å². The van der Waals surface area contributed by atoms with E-state index < -0.39 is 0 Å². The van der Waals surface area contributed by atoms with Gasteiger partial charge in [0.05, 0.1) is 5.92 Å². The first-order valence-corrected chi connectivity index (χ1v) is 11.4. The molecule has 2 amide bonds. The zero-order valence-electron chi connectivity index (χ0n) is 18.2. The van der Waals surface area contributed by atoms with Crippen LogP contribution in [-0.4, -0.2) is 42.1 Å². The van der Waals surface area contributed by atoms with Crippen LogP contribution in [0.5, 0.6) is 0 Å². The quantitative estimate of drug-likeness (QED) is 0.577. The van der Waals surface area contributed by atoms with Crippen LogP contribution in [0.15, 0.2) is 42.5 Å². The van der Waals surface area contributed by atoms with Crippen LogP contribution < -0.4 is 5.32 Å². The predicted octanol–water partition coefficient (Wildman–Crippen LogP) is 4.45. The lowest BCUT2D eigenvalue weighted by molar-refractivity contribution is -0.126. The second-order valence-corrected chi connectivity index (χ2v) is 8.58. The molecule has 2 aromatic carbocycles. The van der Waals surface area contributed by atoms with E-state index in [9.17, 15) is 14.4 Å². The molecule has 1 unspecified atom stereocenters. The smallest absolute Gasteiger partial charge is 0.253 e. The summed E-state index contributed by atoms with van der Waals surface area (Å²) >= 11 is 0. The molecule has 2 aliphatic rings. The zero-order chi connectivity index (χ0) is 21.8. The molecule has 162 valence electrons. The number of unbranched alkanes of at least 4 members (excludes halogenated alkanes) is 3. The number of likely N-dealkylation sites (tertiary alicyclic amines) is 1. The van der Waals surface area contributed by atoms with Crippen LogP contribution in [0.25, 0.3) is 11.1 Å². The number of nitrogens with zero attached hydrogens (tertiary/aromatic N) is 1. The zero-order valence-corrected chi connectivity index (χ0v) is 18.2. The van der Waals surface area contributed by atoms with E-state index in [0.29, 0.717) is 36.3 Å². The second kappa shape index (κ2) is 9.46. The van der Waals surface area contributed by atoms with Gasteiger partial charge in [0.1, 0.15) is 0 Å². The lowest BCUT2D eigenvalue weighted by Gasteiger charge is -2.32. The summed E-state index contributed by atoms with van der Waals surface area (Å²) in [6, 6.07) is 12.9. The lowest BCUT2D eigenvalue weighted by Crippen LogP contribution is -2.45. The van der Waals surface area contributed by atoms with Crippen molar-refractivity contribution in [1.29, 1.82) is 0 Å². The van der Waals surface area contributed by atoms with Crippen LogP contribution in [-0.2, 0) is 4.79 Å². The van der Waals surface area contributed by atoms with E-state index in [1.165, 1.54) is 12.8 Å². The first-order chi connectivity index (χ1) is 15.1. The molecular weight excluding hydrogens is 388 g/mol. The van der Waals surface area contributed by atoms with Gasteiger partial charge in [0, 0.05) is 36.3 Å². The number of carbonyl (C=O) groups is 3. The van der Waals surface area contributed by atoms with Gasteiger partial charge < -0.3 is 10.2 Å². The molecule has 0 radical (unpaired) electrons. The number of carbonyl (C=O) groups excluding carboxylic acids is 3. The van der Waals surface area contributed by atoms with Gasteiger partial charge in [-0.25, -0.2) is 0 Å². The number of piperidine rings is 1. The third-order valence-corrected chi connectivity index (χ3v) is 6.38. The molecule has 1 fully saturated rings. The first kappa shape index (κ1) is 21.3. The fourth-order valence-corrected chi connectivity index (χ4v) is 4.63. The van der Waals surface area contributed by atoms with Crippen LogP contribution in [0.3, 0.4) is 0 Å². The fraction of sp³-hybridized carbons (Fsp3) is 0.423. The molecule has 1 aliphatic heterocycles. The Morgan fingerprint density at radius 3 is 2.58 bits per heavy atom. The maximum atomic E-state index is 13.2. The van der Waals surface area contributed by atoms with Crippen LogP contribution in [0.4, 0.5) is 0 Å². The Hall–Kier alpha value is -2.95. The maximum absolute atomic E-state index is 13.2. The van der Waals surface area contributed by atoms with E-state index in [0.717, 1.165) is 36.8 Å². The Labute approximate surface area is 183 Å². The minimum atomic E-state index is -0.163. The largest absolute Gasteiger partial charge is 0.356 e. The van der Waals surface area contributed by atoms with Crippen molar-refractivity contribution < 1.29 is 14.4 Å². The van der Waals surface area contributed by atoms with E-state index in [1.54, 1.807) is 17.0 Å². The first-order valence-electron chi connectivity index (χ1n) is 11.4. The standard InChI is InChI=1S/C26H30N2O3/c1-2-3-4-7-14-27-25(30)19-9-8-15-28(17-19)26(31)18-12-13-21-20-10-5-6-11-22(20)24(29)23(21)16-18/h5-6,10-13,16,19H,2-4,7-9,14-15,17H2,1H3,(H,27,30). The average molecular weight is 419 g/mol. The van der Waals surface area contributed by atoms with Crippen molar-refractivity contribution >= 4 is 17.6 Å². The minimum absolute atomic E-state index is 0.0285. The fourth-order valence-electron chi connectivity index (χ4n) is 4.63.